The number of fused-ring (bicyclic) bond motifs is 3. The number of rotatable bonds is 6. The molecule has 0 amide bonds. The lowest BCUT2D eigenvalue weighted by atomic mass is 9.82. The van der Waals surface area contributed by atoms with Crippen LogP contribution in [-0.2, 0) is 23.3 Å². The van der Waals surface area contributed by atoms with E-state index in [-0.39, 0.29) is 5.41 Å². The van der Waals surface area contributed by atoms with Crippen molar-refractivity contribution in [1.29, 1.82) is 0 Å². The molecule has 1 atom stereocenters. The lowest BCUT2D eigenvalue weighted by molar-refractivity contribution is 0.0785. The van der Waals surface area contributed by atoms with E-state index in [2.05, 4.69) is 41.7 Å². The maximum absolute atomic E-state index is 13.7. The summed E-state index contributed by atoms with van der Waals surface area (Å²) in [6.45, 7) is 10.4. The van der Waals surface area contributed by atoms with E-state index in [1.165, 1.54) is 6.07 Å². The zero-order chi connectivity index (χ0) is 19.2. The van der Waals surface area contributed by atoms with Gasteiger partial charge in [-0.05, 0) is 31.4 Å². The van der Waals surface area contributed by atoms with E-state index in [9.17, 15) is 4.39 Å². The first kappa shape index (κ1) is 18.3. The molecule has 0 bridgehead atoms. The Morgan fingerprint density at radius 2 is 2.11 bits per heavy atom. The number of ether oxygens (including phenoxy) is 1. The summed E-state index contributed by atoms with van der Waals surface area (Å²) in [5.74, 6) is -0.503. The highest BCUT2D eigenvalue weighted by Crippen LogP contribution is 2.43. The van der Waals surface area contributed by atoms with Crippen molar-refractivity contribution < 1.29 is 9.13 Å². The molecule has 0 N–H and O–H groups in total. The van der Waals surface area contributed by atoms with Crippen molar-refractivity contribution in [2.45, 2.75) is 57.6 Å². The maximum atomic E-state index is 13.7. The topological polar surface area (TPSA) is 57.2 Å². The second-order valence-corrected chi connectivity index (χ2v) is 14.4. The minimum absolute atomic E-state index is 0.272. The quantitative estimate of drug-likeness (QED) is 0.479. The predicted molar refractivity (Wildman–Crippen MR) is 104 cm³/mol. The molecule has 0 fully saturated rings. The summed E-state index contributed by atoms with van der Waals surface area (Å²) in [5.41, 5.74) is 3.49. The molecular formula is C19H26FN5OSi. The van der Waals surface area contributed by atoms with Gasteiger partial charge in [-0.3, -0.25) is 0 Å². The van der Waals surface area contributed by atoms with Gasteiger partial charge in [0.15, 0.2) is 5.65 Å². The molecular weight excluding hydrogens is 361 g/mol. The molecule has 0 radical (unpaired) electrons. The second-order valence-electron chi connectivity index (χ2n) is 8.82. The number of aromatic nitrogens is 5. The summed E-state index contributed by atoms with van der Waals surface area (Å²) < 4.78 is 23.0. The van der Waals surface area contributed by atoms with Gasteiger partial charge >= 0.3 is 0 Å². The molecule has 3 heterocycles. The minimum atomic E-state index is -1.09. The monoisotopic (exact) mass is 387 g/mol. The van der Waals surface area contributed by atoms with Gasteiger partial charge in [-0.2, -0.15) is 9.49 Å². The number of nitrogens with zero attached hydrogens (tertiary/aromatic N) is 5. The highest BCUT2D eigenvalue weighted by molar-refractivity contribution is 6.76. The smallest absolute Gasteiger partial charge is 0.235 e. The molecule has 0 saturated heterocycles. The number of halogens is 1. The third kappa shape index (κ3) is 3.43. The Morgan fingerprint density at radius 3 is 2.89 bits per heavy atom. The van der Waals surface area contributed by atoms with Crippen LogP contribution in [0, 0.1) is 5.95 Å². The second kappa shape index (κ2) is 6.52. The van der Waals surface area contributed by atoms with Crippen LogP contribution in [0.2, 0.25) is 25.7 Å². The number of hydrogen-bond donors (Lipinski definition) is 0. The third-order valence-electron chi connectivity index (χ3n) is 5.44. The van der Waals surface area contributed by atoms with Crippen molar-refractivity contribution in [3.63, 3.8) is 0 Å². The minimum Gasteiger partial charge on any atom is -0.360 e. The van der Waals surface area contributed by atoms with Crippen molar-refractivity contribution in [3.05, 3.63) is 47.4 Å². The maximum Gasteiger partial charge on any atom is 0.235 e. The highest BCUT2D eigenvalue weighted by atomic mass is 28.3. The van der Waals surface area contributed by atoms with Crippen molar-refractivity contribution in [1.82, 2.24) is 24.4 Å². The fraction of sp³-hybridized carbons (Fsp3) is 0.526. The van der Waals surface area contributed by atoms with Crippen molar-refractivity contribution in [2.24, 2.45) is 0 Å². The van der Waals surface area contributed by atoms with E-state index >= 15 is 0 Å². The van der Waals surface area contributed by atoms with Crippen molar-refractivity contribution in [3.8, 4) is 0 Å². The first-order chi connectivity index (χ1) is 12.8. The van der Waals surface area contributed by atoms with E-state index in [1.54, 1.807) is 4.52 Å². The largest absolute Gasteiger partial charge is 0.360 e. The standard InChI is InChI=1S/C19H26FN5OSi/c1-19(15-11-22-24(12-15)13-26-7-8-27(2,3)4)6-5-14-10-21-17-9-16(20)23-25(17)18(14)19/h9-12H,5-8,13H2,1-4H3/t19-/m1/s1. The SMILES string of the molecule is C[C@]1(c2cnn(COCC[Si](C)(C)C)c2)CCc2cnc3cc(F)nn3c21. The molecule has 144 valence electrons. The van der Waals surface area contributed by atoms with E-state index in [4.69, 9.17) is 4.74 Å². The number of aryl methyl sites for hydroxylation is 1. The molecule has 0 spiro atoms. The molecule has 6 nitrogen and oxygen atoms in total. The van der Waals surface area contributed by atoms with Crippen LogP contribution in [0.5, 0.6) is 0 Å². The van der Waals surface area contributed by atoms with Crippen LogP contribution in [0.15, 0.2) is 24.7 Å². The van der Waals surface area contributed by atoms with Crippen LogP contribution in [0.25, 0.3) is 5.65 Å². The van der Waals surface area contributed by atoms with Gasteiger partial charge in [0.05, 0.1) is 11.9 Å². The van der Waals surface area contributed by atoms with Gasteiger partial charge in [0.25, 0.3) is 0 Å². The molecule has 8 heteroatoms. The van der Waals surface area contributed by atoms with E-state index in [0.717, 1.165) is 42.3 Å². The average Bonchev–Trinajstić information content (AvgIpc) is 3.28. The van der Waals surface area contributed by atoms with Crippen molar-refractivity contribution in [2.75, 3.05) is 6.61 Å². The summed E-state index contributed by atoms with van der Waals surface area (Å²) in [6.07, 6.45) is 7.60. The average molecular weight is 388 g/mol. The van der Waals surface area contributed by atoms with E-state index in [0.29, 0.717) is 12.4 Å². The zero-order valence-electron chi connectivity index (χ0n) is 16.4. The van der Waals surface area contributed by atoms with Gasteiger partial charge in [0.2, 0.25) is 5.95 Å². The molecule has 0 aliphatic heterocycles. The Kier molecular flexibility index (Phi) is 4.42. The number of hydrogen-bond acceptors (Lipinski definition) is 4. The van der Waals surface area contributed by atoms with Gasteiger partial charge in [0.1, 0.15) is 6.73 Å². The summed E-state index contributed by atoms with van der Waals surface area (Å²) in [6, 6.07) is 2.51. The molecule has 1 aliphatic rings. The van der Waals surface area contributed by atoms with E-state index < -0.39 is 14.0 Å². The van der Waals surface area contributed by atoms with Crippen LogP contribution < -0.4 is 0 Å². The van der Waals surface area contributed by atoms with Crippen molar-refractivity contribution >= 4 is 13.7 Å². The van der Waals surface area contributed by atoms with Crippen LogP contribution in [0.3, 0.4) is 0 Å². The van der Waals surface area contributed by atoms with Gasteiger partial charge < -0.3 is 4.74 Å². The Balaban J connectivity index is 1.57. The summed E-state index contributed by atoms with van der Waals surface area (Å²) >= 11 is 0. The zero-order valence-corrected chi connectivity index (χ0v) is 17.4. The molecule has 0 saturated carbocycles. The van der Waals surface area contributed by atoms with Crippen LogP contribution in [0.4, 0.5) is 4.39 Å². The van der Waals surface area contributed by atoms with Crippen LogP contribution >= 0.6 is 0 Å². The highest BCUT2D eigenvalue weighted by Gasteiger charge is 2.40. The Bertz CT molecular complexity index is 976. The van der Waals surface area contributed by atoms with E-state index in [1.807, 2.05) is 23.3 Å². The molecule has 4 rings (SSSR count). The van der Waals surface area contributed by atoms with Gasteiger partial charge in [-0.25, -0.2) is 14.2 Å². The summed E-state index contributed by atoms with van der Waals surface area (Å²) in [4.78, 5) is 4.33. The Hall–Kier alpha value is -2.06. The lowest BCUT2D eigenvalue weighted by Gasteiger charge is -2.24. The molecule has 0 aromatic carbocycles. The fourth-order valence-corrected chi connectivity index (χ4v) is 4.51. The first-order valence-corrected chi connectivity index (χ1v) is 13.1. The fourth-order valence-electron chi connectivity index (χ4n) is 3.75. The Morgan fingerprint density at radius 1 is 1.30 bits per heavy atom. The third-order valence-corrected chi connectivity index (χ3v) is 7.14. The van der Waals surface area contributed by atoms with Crippen LogP contribution in [0.1, 0.15) is 30.2 Å². The molecule has 3 aromatic heterocycles. The molecule has 0 unspecified atom stereocenters. The molecule has 3 aromatic rings. The molecule has 1 aliphatic carbocycles. The Labute approximate surface area is 159 Å². The van der Waals surface area contributed by atoms with Crippen LogP contribution in [-0.4, -0.2) is 39.1 Å². The summed E-state index contributed by atoms with van der Waals surface area (Å²) in [5, 5.41) is 8.52. The lowest BCUT2D eigenvalue weighted by Crippen LogP contribution is -2.23. The van der Waals surface area contributed by atoms with Gasteiger partial charge in [-0.15, -0.1) is 5.10 Å². The van der Waals surface area contributed by atoms with Gasteiger partial charge in [-0.1, -0.05) is 19.6 Å². The molecule has 27 heavy (non-hydrogen) atoms. The van der Waals surface area contributed by atoms with Gasteiger partial charge in [0, 0.05) is 44.1 Å². The summed E-state index contributed by atoms with van der Waals surface area (Å²) in [7, 11) is -1.09. The predicted octanol–water partition coefficient (Wildman–Crippen LogP) is 3.63. The normalized spacial score (nSPS) is 19.7. The first-order valence-electron chi connectivity index (χ1n) is 9.41.